The predicted molar refractivity (Wildman–Crippen MR) is 89.3 cm³/mol. The molecule has 0 bridgehead atoms. The van der Waals surface area contributed by atoms with E-state index in [2.05, 4.69) is 16.1 Å². The highest BCUT2D eigenvalue weighted by molar-refractivity contribution is 5.89. The van der Waals surface area contributed by atoms with Crippen LogP contribution in [-0.4, -0.2) is 19.0 Å². The fourth-order valence-corrected chi connectivity index (χ4v) is 1.63. The van der Waals surface area contributed by atoms with Crippen LogP contribution in [0.1, 0.15) is 5.56 Å². The van der Waals surface area contributed by atoms with Crippen LogP contribution in [0.2, 0.25) is 0 Å². The molecule has 1 aliphatic heterocycles. The first-order valence-electron chi connectivity index (χ1n) is 6.75. The monoisotopic (exact) mass is 289 g/mol. The average Bonchev–Trinajstić information content (AvgIpc) is 2.55. The predicted octanol–water partition coefficient (Wildman–Crippen LogP) is 3.87. The molecule has 2 rings (SSSR count). The van der Waals surface area contributed by atoms with Gasteiger partial charge in [0.25, 0.3) is 0 Å². The topological polar surface area (TPSA) is 57.7 Å². The van der Waals surface area contributed by atoms with Crippen LogP contribution in [0.4, 0.5) is 5.69 Å². The second kappa shape index (κ2) is 8.88. The van der Waals surface area contributed by atoms with Crippen molar-refractivity contribution >= 4 is 18.1 Å². The number of hydrogen-bond acceptors (Lipinski definition) is 4. The molecule has 108 valence electrons. The maximum Gasteiger partial charge on any atom is 0.122 e. The minimum absolute atomic E-state index is 0.214. The van der Waals surface area contributed by atoms with Crippen molar-refractivity contribution in [2.45, 2.75) is 0 Å². The molecule has 0 amide bonds. The first-order chi connectivity index (χ1) is 10.9. The summed E-state index contributed by atoms with van der Waals surface area (Å²) in [5, 5.41) is 9.05. The number of hydrogen-bond donors (Lipinski definition) is 0. The zero-order chi connectivity index (χ0) is 15.5. The maximum absolute atomic E-state index is 9.05. The third kappa shape index (κ3) is 5.06. The van der Waals surface area contributed by atoms with Gasteiger partial charge in [0.2, 0.25) is 0 Å². The zero-order valence-corrected chi connectivity index (χ0v) is 12.0. The highest BCUT2D eigenvalue weighted by atomic mass is 16.5. The van der Waals surface area contributed by atoms with E-state index in [-0.39, 0.29) is 6.61 Å². The first kappa shape index (κ1) is 15.2. The molecule has 0 aromatic heterocycles. The summed E-state index contributed by atoms with van der Waals surface area (Å²) in [5.41, 5.74) is 2.19. The summed E-state index contributed by atoms with van der Waals surface area (Å²) in [6.45, 7) is 0.214. The fraction of sp³-hybridized carbons (Fsp3) is 0.0556. The molecular weight excluding hydrogens is 274 g/mol. The van der Waals surface area contributed by atoms with Crippen molar-refractivity contribution in [3.63, 3.8) is 0 Å². The molecule has 1 aromatic carbocycles. The molecule has 1 aromatic rings. The van der Waals surface area contributed by atoms with Crippen molar-refractivity contribution < 1.29 is 4.74 Å². The Morgan fingerprint density at radius 3 is 2.86 bits per heavy atom. The Morgan fingerprint density at radius 1 is 1.09 bits per heavy atom. The fourth-order valence-electron chi connectivity index (χ4n) is 1.63. The van der Waals surface area contributed by atoms with Crippen LogP contribution in [0.15, 0.2) is 82.7 Å². The van der Waals surface area contributed by atoms with Gasteiger partial charge in [-0.2, -0.15) is 5.26 Å². The van der Waals surface area contributed by atoms with Crippen molar-refractivity contribution in [2.75, 3.05) is 6.61 Å². The number of rotatable bonds is 0. The number of allylic oxidation sites excluding steroid dienone is 5. The second-order valence-electron chi connectivity index (χ2n) is 4.28. The van der Waals surface area contributed by atoms with Gasteiger partial charge in [0.15, 0.2) is 0 Å². The molecule has 0 fully saturated rings. The molecular formula is C18H15N3O. The highest BCUT2D eigenvalue weighted by Gasteiger charge is 1.96. The average molecular weight is 289 g/mol. The van der Waals surface area contributed by atoms with Crippen LogP contribution >= 0.6 is 0 Å². The van der Waals surface area contributed by atoms with Crippen LogP contribution in [0.5, 0.6) is 0 Å². The van der Waals surface area contributed by atoms with Gasteiger partial charge in [-0.25, -0.2) is 0 Å². The van der Waals surface area contributed by atoms with Crippen LogP contribution in [0, 0.1) is 11.3 Å². The Morgan fingerprint density at radius 2 is 1.95 bits per heavy atom. The molecule has 4 nitrogen and oxygen atoms in total. The molecule has 0 atom stereocenters. The normalized spacial score (nSPS) is 14.8. The summed E-state index contributed by atoms with van der Waals surface area (Å²) in [4.78, 5) is 8.58. The highest BCUT2D eigenvalue weighted by Crippen LogP contribution is 2.16. The summed E-state index contributed by atoms with van der Waals surface area (Å²) in [6.07, 6.45) is 15.5. The molecule has 0 spiro atoms. The number of aliphatic imine (C=N–C) groups is 2. The number of para-hydroxylation sites is 1. The number of ether oxygens (including phenoxy) is 1. The molecule has 1 aliphatic rings. The summed E-state index contributed by atoms with van der Waals surface area (Å²) in [5.74, 6) is 0. The SMILES string of the molecule is N#CC1=CC=Nc2ccccc2C=NC=CC=CC=COC1. The number of nitrogens with zero attached hydrogens (tertiary/aromatic N) is 3. The van der Waals surface area contributed by atoms with Crippen molar-refractivity contribution in [3.05, 3.63) is 78.2 Å². The molecule has 0 saturated heterocycles. The van der Waals surface area contributed by atoms with Crippen molar-refractivity contribution in [1.29, 1.82) is 5.26 Å². The van der Waals surface area contributed by atoms with E-state index in [1.165, 1.54) is 6.26 Å². The van der Waals surface area contributed by atoms with Gasteiger partial charge in [0.05, 0.1) is 23.6 Å². The van der Waals surface area contributed by atoms with E-state index in [1.807, 2.05) is 42.5 Å². The molecule has 4 heteroatoms. The Hall–Kier alpha value is -3.19. The van der Waals surface area contributed by atoms with E-state index < -0.39 is 0 Å². The van der Waals surface area contributed by atoms with Crippen LogP contribution < -0.4 is 0 Å². The first-order valence-corrected chi connectivity index (χ1v) is 6.75. The lowest BCUT2D eigenvalue weighted by atomic mass is 10.2. The van der Waals surface area contributed by atoms with E-state index in [9.17, 15) is 0 Å². The minimum atomic E-state index is 0.214. The van der Waals surface area contributed by atoms with Gasteiger partial charge in [0.1, 0.15) is 6.61 Å². The van der Waals surface area contributed by atoms with Gasteiger partial charge < -0.3 is 4.74 Å². The summed E-state index contributed by atoms with van der Waals surface area (Å²) in [7, 11) is 0. The maximum atomic E-state index is 9.05. The Bertz CT molecular complexity index is 716. The third-order valence-corrected chi connectivity index (χ3v) is 2.70. The lowest BCUT2D eigenvalue weighted by Crippen LogP contribution is -1.91. The quantitative estimate of drug-likeness (QED) is 0.728. The van der Waals surface area contributed by atoms with Gasteiger partial charge in [0, 0.05) is 24.2 Å². The van der Waals surface area contributed by atoms with Gasteiger partial charge in [-0.05, 0) is 24.3 Å². The Kier molecular flexibility index (Phi) is 6.13. The lowest BCUT2D eigenvalue weighted by molar-refractivity contribution is 0.284. The van der Waals surface area contributed by atoms with E-state index >= 15 is 0 Å². The minimum Gasteiger partial charge on any atom is -0.496 e. The van der Waals surface area contributed by atoms with Gasteiger partial charge in [-0.1, -0.05) is 30.4 Å². The van der Waals surface area contributed by atoms with E-state index in [0.29, 0.717) is 5.57 Å². The Labute approximate surface area is 129 Å². The molecule has 22 heavy (non-hydrogen) atoms. The van der Waals surface area contributed by atoms with Gasteiger partial charge >= 0.3 is 0 Å². The van der Waals surface area contributed by atoms with Crippen molar-refractivity contribution in [1.82, 2.24) is 0 Å². The van der Waals surface area contributed by atoms with Crippen LogP contribution in [0.25, 0.3) is 0 Å². The van der Waals surface area contributed by atoms with Crippen molar-refractivity contribution in [2.24, 2.45) is 9.98 Å². The molecule has 0 N–H and O–H groups in total. The zero-order valence-electron chi connectivity index (χ0n) is 12.0. The second-order valence-corrected chi connectivity index (χ2v) is 4.28. The molecule has 0 saturated carbocycles. The molecule has 0 radical (unpaired) electrons. The largest absolute Gasteiger partial charge is 0.496 e. The molecule has 1 heterocycles. The Balaban J connectivity index is 2.32. The summed E-state index contributed by atoms with van der Waals surface area (Å²) in [6, 6.07) is 9.75. The lowest BCUT2D eigenvalue weighted by Gasteiger charge is -1.99. The van der Waals surface area contributed by atoms with Gasteiger partial charge in [-0.15, -0.1) is 0 Å². The number of fused-ring (bicyclic) bond motifs is 1. The van der Waals surface area contributed by atoms with E-state index in [0.717, 1.165) is 11.3 Å². The van der Waals surface area contributed by atoms with E-state index in [4.69, 9.17) is 10.00 Å². The van der Waals surface area contributed by atoms with E-state index in [1.54, 1.807) is 30.8 Å². The standard InChI is InChI=1S/C18H15N3O/c19-13-16-9-11-21-18-8-4-3-7-17(18)14-20-10-5-1-2-6-12-22-15-16/h1-12,14H,15H2. The third-order valence-electron chi connectivity index (χ3n) is 2.70. The summed E-state index contributed by atoms with van der Waals surface area (Å²) >= 11 is 0. The van der Waals surface area contributed by atoms with Crippen LogP contribution in [-0.2, 0) is 4.74 Å². The smallest absolute Gasteiger partial charge is 0.122 e. The molecule has 0 aliphatic carbocycles. The van der Waals surface area contributed by atoms with Gasteiger partial charge in [-0.3, -0.25) is 9.98 Å². The van der Waals surface area contributed by atoms with Crippen LogP contribution in [0.3, 0.4) is 0 Å². The number of benzene rings is 1. The number of nitriles is 1. The van der Waals surface area contributed by atoms with Crippen molar-refractivity contribution in [3.8, 4) is 6.07 Å². The summed E-state index contributed by atoms with van der Waals surface area (Å²) < 4.78 is 5.27. The molecule has 0 unspecified atom stereocenters.